The van der Waals surface area contributed by atoms with Crippen molar-refractivity contribution in [1.29, 1.82) is 0 Å². The molecule has 128 valence electrons. The van der Waals surface area contributed by atoms with Gasteiger partial charge in [-0.15, -0.1) is 0 Å². The van der Waals surface area contributed by atoms with Gasteiger partial charge in [0.05, 0.1) is 5.92 Å². The number of urea groups is 1. The smallest absolute Gasteiger partial charge is 0.338 e. The molecule has 2 amide bonds. The van der Waals surface area contributed by atoms with E-state index < -0.39 is 17.5 Å². The van der Waals surface area contributed by atoms with Crippen molar-refractivity contribution in [1.82, 2.24) is 10.2 Å². The van der Waals surface area contributed by atoms with Crippen molar-refractivity contribution in [2.24, 2.45) is 11.3 Å². The van der Waals surface area contributed by atoms with Crippen LogP contribution in [0, 0.1) is 11.3 Å². The highest BCUT2D eigenvalue weighted by molar-refractivity contribution is 5.74. The largest absolute Gasteiger partial charge is 0.392 e. The molecule has 1 atom stereocenters. The number of rotatable bonds is 3. The van der Waals surface area contributed by atoms with E-state index in [4.69, 9.17) is 0 Å². The third-order valence-corrected chi connectivity index (χ3v) is 4.44. The van der Waals surface area contributed by atoms with Crippen molar-refractivity contribution in [2.45, 2.75) is 32.9 Å². The summed E-state index contributed by atoms with van der Waals surface area (Å²) < 4.78 is 39.1. The van der Waals surface area contributed by atoms with Crippen molar-refractivity contribution in [3.8, 4) is 0 Å². The Morgan fingerprint density at radius 1 is 1.30 bits per heavy atom. The van der Waals surface area contributed by atoms with Gasteiger partial charge in [-0.1, -0.05) is 44.2 Å². The zero-order valence-corrected chi connectivity index (χ0v) is 13.5. The minimum atomic E-state index is -4.21. The SMILES string of the molecule is CC1(C)CN(C(=O)NCCc2ccccc2)CCC1C(F)(F)F. The number of halogens is 3. The first kappa shape index (κ1) is 17.6. The molecule has 1 aliphatic heterocycles. The lowest BCUT2D eigenvalue weighted by Gasteiger charge is -2.44. The Morgan fingerprint density at radius 3 is 2.52 bits per heavy atom. The van der Waals surface area contributed by atoms with E-state index in [1.54, 1.807) is 13.8 Å². The molecule has 6 heteroatoms. The summed E-state index contributed by atoms with van der Waals surface area (Å²) in [4.78, 5) is 13.7. The van der Waals surface area contributed by atoms with Crippen LogP contribution < -0.4 is 5.32 Å². The predicted octanol–water partition coefficient (Wildman–Crippen LogP) is 3.85. The molecule has 1 unspecified atom stereocenters. The number of hydrogen-bond donors (Lipinski definition) is 1. The Morgan fingerprint density at radius 2 is 1.96 bits per heavy atom. The van der Waals surface area contributed by atoms with Gasteiger partial charge in [0.15, 0.2) is 0 Å². The Balaban J connectivity index is 1.85. The van der Waals surface area contributed by atoms with Gasteiger partial charge < -0.3 is 10.2 Å². The minimum absolute atomic E-state index is 0.0391. The number of alkyl halides is 3. The fraction of sp³-hybridized carbons (Fsp3) is 0.588. The lowest BCUT2D eigenvalue weighted by Crippen LogP contribution is -2.54. The molecule has 0 radical (unpaired) electrons. The third kappa shape index (κ3) is 4.62. The van der Waals surface area contributed by atoms with Crippen LogP contribution in [-0.4, -0.2) is 36.7 Å². The number of likely N-dealkylation sites (tertiary alicyclic amines) is 1. The molecular weight excluding hydrogens is 305 g/mol. The van der Waals surface area contributed by atoms with Crippen LogP contribution in [0.3, 0.4) is 0 Å². The van der Waals surface area contributed by atoms with Crippen LogP contribution in [0.5, 0.6) is 0 Å². The van der Waals surface area contributed by atoms with Crippen LogP contribution in [0.4, 0.5) is 18.0 Å². The molecule has 1 aromatic carbocycles. The van der Waals surface area contributed by atoms with Crippen LogP contribution in [0.1, 0.15) is 25.8 Å². The molecule has 1 heterocycles. The van der Waals surface area contributed by atoms with E-state index in [0.29, 0.717) is 13.0 Å². The summed E-state index contributed by atoms with van der Waals surface area (Å²) in [6.07, 6.45) is -3.54. The maximum atomic E-state index is 13.0. The van der Waals surface area contributed by atoms with Gasteiger partial charge in [0.25, 0.3) is 0 Å². The van der Waals surface area contributed by atoms with Crippen molar-refractivity contribution < 1.29 is 18.0 Å². The molecule has 3 nitrogen and oxygen atoms in total. The van der Waals surface area contributed by atoms with E-state index in [0.717, 1.165) is 5.56 Å². The van der Waals surface area contributed by atoms with Gasteiger partial charge >= 0.3 is 12.2 Å². The van der Waals surface area contributed by atoms with Crippen LogP contribution >= 0.6 is 0 Å². The standard InChI is InChI=1S/C17H23F3N2O/c1-16(2)12-22(11-9-14(16)17(18,19)20)15(23)21-10-8-13-6-4-3-5-7-13/h3-7,14H,8-12H2,1-2H3,(H,21,23). The molecule has 1 fully saturated rings. The number of nitrogens with one attached hydrogen (secondary N) is 1. The highest BCUT2D eigenvalue weighted by Gasteiger charge is 2.51. The number of carbonyl (C=O) groups is 1. The van der Waals surface area contributed by atoms with Gasteiger partial charge in [-0.3, -0.25) is 0 Å². The van der Waals surface area contributed by atoms with Crippen LogP contribution in [-0.2, 0) is 6.42 Å². The van der Waals surface area contributed by atoms with Crippen molar-refractivity contribution in [3.63, 3.8) is 0 Å². The van der Waals surface area contributed by atoms with Crippen molar-refractivity contribution in [3.05, 3.63) is 35.9 Å². The fourth-order valence-electron chi connectivity index (χ4n) is 3.21. The second kappa shape index (κ2) is 6.81. The summed E-state index contributed by atoms with van der Waals surface area (Å²) in [5.41, 5.74) is 0.150. The second-order valence-corrected chi connectivity index (χ2v) is 6.76. The molecule has 2 rings (SSSR count). The lowest BCUT2D eigenvalue weighted by atomic mass is 9.73. The Bertz CT molecular complexity index is 528. The summed E-state index contributed by atoms with van der Waals surface area (Å²) in [7, 11) is 0. The molecule has 0 aromatic heterocycles. The zero-order valence-electron chi connectivity index (χ0n) is 13.5. The maximum Gasteiger partial charge on any atom is 0.392 e. The summed E-state index contributed by atoms with van der Waals surface area (Å²) in [6, 6.07) is 9.46. The first-order chi connectivity index (χ1) is 10.7. The van der Waals surface area contributed by atoms with Crippen molar-refractivity contribution >= 4 is 6.03 Å². The quantitative estimate of drug-likeness (QED) is 0.898. The van der Waals surface area contributed by atoms with E-state index in [1.165, 1.54) is 4.90 Å². The molecule has 1 aliphatic rings. The minimum Gasteiger partial charge on any atom is -0.338 e. The van der Waals surface area contributed by atoms with Crippen molar-refractivity contribution in [2.75, 3.05) is 19.6 Å². The molecule has 0 spiro atoms. The van der Waals surface area contributed by atoms with E-state index in [2.05, 4.69) is 5.32 Å². The van der Waals surface area contributed by atoms with E-state index >= 15 is 0 Å². The highest BCUT2D eigenvalue weighted by Crippen LogP contribution is 2.44. The summed E-state index contributed by atoms with van der Waals surface area (Å²) in [5, 5.41) is 2.80. The molecule has 0 bridgehead atoms. The summed E-state index contributed by atoms with van der Waals surface area (Å²) in [6.45, 7) is 3.89. The predicted molar refractivity (Wildman–Crippen MR) is 83.1 cm³/mol. The number of hydrogen-bond acceptors (Lipinski definition) is 1. The van der Waals surface area contributed by atoms with Crippen LogP contribution in [0.15, 0.2) is 30.3 Å². The van der Waals surface area contributed by atoms with Gasteiger partial charge in [0.1, 0.15) is 0 Å². The Hall–Kier alpha value is -1.72. The Labute approximate surface area is 134 Å². The summed E-state index contributed by atoms with van der Waals surface area (Å²) in [5.74, 6) is -1.36. The van der Waals surface area contributed by atoms with E-state index in [1.807, 2.05) is 30.3 Å². The van der Waals surface area contributed by atoms with Gasteiger partial charge in [-0.05, 0) is 23.8 Å². The van der Waals surface area contributed by atoms with Crippen LogP contribution in [0.2, 0.25) is 0 Å². The highest BCUT2D eigenvalue weighted by atomic mass is 19.4. The van der Waals surface area contributed by atoms with Crippen LogP contribution in [0.25, 0.3) is 0 Å². The number of amides is 2. The van der Waals surface area contributed by atoms with Gasteiger partial charge in [-0.25, -0.2) is 4.79 Å². The van der Waals surface area contributed by atoms with Gasteiger partial charge in [0.2, 0.25) is 0 Å². The number of nitrogens with zero attached hydrogens (tertiary/aromatic N) is 1. The number of benzene rings is 1. The first-order valence-corrected chi connectivity index (χ1v) is 7.83. The fourth-order valence-corrected chi connectivity index (χ4v) is 3.21. The van der Waals surface area contributed by atoms with E-state index in [-0.39, 0.29) is 25.5 Å². The second-order valence-electron chi connectivity index (χ2n) is 6.76. The molecule has 0 saturated carbocycles. The normalized spacial score (nSPS) is 21.1. The first-order valence-electron chi connectivity index (χ1n) is 7.83. The lowest BCUT2D eigenvalue weighted by molar-refractivity contribution is -0.214. The molecular formula is C17H23F3N2O. The topological polar surface area (TPSA) is 32.3 Å². The Kier molecular flexibility index (Phi) is 5.22. The third-order valence-electron chi connectivity index (χ3n) is 4.44. The number of piperidine rings is 1. The van der Waals surface area contributed by atoms with Gasteiger partial charge in [0, 0.05) is 19.6 Å². The van der Waals surface area contributed by atoms with E-state index in [9.17, 15) is 18.0 Å². The molecule has 0 aliphatic carbocycles. The summed E-state index contributed by atoms with van der Waals surface area (Å²) >= 11 is 0. The molecule has 1 aromatic rings. The molecule has 1 saturated heterocycles. The molecule has 23 heavy (non-hydrogen) atoms. The monoisotopic (exact) mass is 328 g/mol. The number of carbonyl (C=O) groups excluding carboxylic acids is 1. The maximum absolute atomic E-state index is 13.0. The molecule has 1 N–H and O–H groups in total. The van der Waals surface area contributed by atoms with Gasteiger partial charge in [-0.2, -0.15) is 13.2 Å². The average Bonchev–Trinajstić information content (AvgIpc) is 2.45. The zero-order chi connectivity index (χ0) is 17.1. The average molecular weight is 328 g/mol.